The first kappa shape index (κ1) is 17.1. The van der Waals surface area contributed by atoms with Crippen LogP contribution < -0.4 is 25.3 Å². The molecule has 1 unspecified atom stereocenters. The Kier molecular flexibility index (Phi) is 6.30. The van der Waals surface area contributed by atoms with Gasteiger partial charge in [-0.1, -0.05) is 13.8 Å². The molecule has 6 heteroatoms. The number of carbonyl (C=O) groups is 1. The van der Waals surface area contributed by atoms with Gasteiger partial charge in [0.2, 0.25) is 5.91 Å². The third-order valence-corrected chi connectivity index (χ3v) is 3.06. The van der Waals surface area contributed by atoms with Gasteiger partial charge in [0.1, 0.15) is 11.8 Å². The smallest absolute Gasteiger partial charge is 0.239 e. The van der Waals surface area contributed by atoms with Gasteiger partial charge in [0.25, 0.3) is 0 Å². The predicted molar refractivity (Wildman–Crippen MR) is 80.9 cm³/mol. The lowest BCUT2D eigenvalue weighted by Gasteiger charge is -2.21. The fourth-order valence-electron chi connectivity index (χ4n) is 2.00. The van der Waals surface area contributed by atoms with Crippen molar-refractivity contribution in [1.82, 2.24) is 5.32 Å². The van der Waals surface area contributed by atoms with Crippen molar-refractivity contribution in [2.45, 2.75) is 19.9 Å². The Balaban J connectivity index is 3.25. The fourth-order valence-corrected chi connectivity index (χ4v) is 2.00. The standard InChI is InChI=1S/C15H24N2O4/c1-9(2)8-17-14(15(16)18)10-6-12(20-4)13(21-5)7-11(10)19-3/h6-7,9,14,17H,8H2,1-5H3,(H2,16,18). The molecule has 1 atom stereocenters. The van der Waals surface area contributed by atoms with Crippen LogP contribution in [0.5, 0.6) is 17.2 Å². The summed E-state index contributed by atoms with van der Waals surface area (Å²) in [4.78, 5) is 11.8. The van der Waals surface area contributed by atoms with E-state index in [1.54, 1.807) is 19.2 Å². The molecule has 0 aromatic heterocycles. The maximum atomic E-state index is 11.8. The second kappa shape index (κ2) is 7.73. The molecule has 6 nitrogen and oxygen atoms in total. The van der Waals surface area contributed by atoms with Gasteiger partial charge in [0.15, 0.2) is 11.5 Å². The Labute approximate surface area is 125 Å². The highest BCUT2D eigenvalue weighted by Crippen LogP contribution is 2.37. The van der Waals surface area contributed by atoms with Gasteiger partial charge in [-0.05, 0) is 18.5 Å². The lowest BCUT2D eigenvalue weighted by molar-refractivity contribution is -0.120. The van der Waals surface area contributed by atoms with Crippen LogP contribution in [0.1, 0.15) is 25.5 Å². The maximum absolute atomic E-state index is 11.8. The molecule has 0 aliphatic heterocycles. The number of nitrogens with one attached hydrogen (secondary N) is 1. The summed E-state index contributed by atoms with van der Waals surface area (Å²) in [6.45, 7) is 4.76. The van der Waals surface area contributed by atoms with Gasteiger partial charge in [-0.3, -0.25) is 4.79 Å². The summed E-state index contributed by atoms with van der Waals surface area (Å²) in [5, 5.41) is 3.15. The highest BCUT2D eigenvalue weighted by atomic mass is 16.5. The Morgan fingerprint density at radius 2 is 1.62 bits per heavy atom. The molecule has 0 bridgehead atoms. The number of ether oxygens (including phenoxy) is 3. The molecule has 3 N–H and O–H groups in total. The van der Waals surface area contributed by atoms with Crippen LogP contribution in [0.3, 0.4) is 0 Å². The van der Waals surface area contributed by atoms with Crippen molar-refractivity contribution in [2.75, 3.05) is 27.9 Å². The second-order valence-electron chi connectivity index (χ2n) is 5.09. The number of hydrogen-bond acceptors (Lipinski definition) is 5. The first-order chi connectivity index (χ1) is 9.94. The van der Waals surface area contributed by atoms with Crippen molar-refractivity contribution in [1.29, 1.82) is 0 Å². The van der Waals surface area contributed by atoms with E-state index in [9.17, 15) is 4.79 Å². The van der Waals surface area contributed by atoms with Gasteiger partial charge in [-0.15, -0.1) is 0 Å². The summed E-state index contributed by atoms with van der Waals surface area (Å²) in [6, 6.07) is 2.74. The SMILES string of the molecule is COc1cc(OC)c(C(NCC(C)C)C(N)=O)cc1OC. The molecule has 0 fully saturated rings. The molecule has 0 aliphatic carbocycles. The number of rotatable bonds is 8. The zero-order chi connectivity index (χ0) is 16.0. The third kappa shape index (κ3) is 4.26. The van der Waals surface area contributed by atoms with E-state index in [-0.39, 0.29) is 0 Å². The topological polar surface area (TPSA) is 82.8 Å². The number of carbonyl (C=O) groups excluding carboxylic acids is 1. The number of hydrogen-bond donors (Lipinski definition) is 2. The molecule has 0 aliphatic rings. The van der Waals surface area contributed by atoms with E-state index in [4.69, 9.17) is 19.9 Å². The lowest BCUT2D eigenvalue weighted by Crippen LogP contribution is -2.35. The Bertz CT molecular complexity index is 489. The molecule has 0 saturated heterocycles. The molecular formula is C15H24N2O4. The van der Waals surface area contributed by atoms with Crippen molar-refractivity contribution >= 4 is 5.91 Å². The van der Waals surface area contributed by atoms with Crippen molar-refractivity contribution in [2.24, 2.45) is 11.7 Å². The molecule has 21 heavy (non-hydrogen) atoms. The molecule has 0 spiro atoms. The van der Waals surface area contributed by atoms with Crippen LogP contribution in [0.2, 0.25) is 0 Å². The van der Waals surface area contributed by atoms with Crippen LogP contribution in [-0.2, 0) is 4.79 Å². The third-order valence-electron chi connectivity index (χ3n) is 3.06. The maximum Gasteiger partial charge on any atom is 0.239 e. The van der Waals surface area contributed by atoms with Crippen LogP contribution >= 0.6 is 0 Å². The largest absolute Gasteiger partial charge is 0.496 e. The normalized spacial score (nSPS) is 12.1. The minimum atomic E-state index is -0.651. The fraction of sp³-hybridized carbons (Fsp3) is 0.533. The molecule has 0 heterocycles. The quantitative estimate of drug-likeness (QED) is 0.759. The van der Waals surface area contributed by atoms with Crippen LogP contribution in [0, 0.1) is 5.92 Å². The first-order valence-electron chi connectivity index (χ1n) is 6.77. The van der Waals surface area contributed by atoms with Gasteiger partial charge in [-0.2, -0.15) is 0 Å². The van der Waals surface area contributed by atoms with E-state index in [0.717, 1.165) is 0 Å². The molecule has 1 aromatic carbocycles. The van der Waals surface area contributed by atoms with Crippen molar-refractivity contribution in [3.63, 3.8) is 0 Å². The van der Waals surface area contributed by atoms with Gasteiger partial charge >= 0.3 is 0 Å². The number of methoxy groups -OCH3 is 3. The molecule has 118 valence electrons. The van der Waals surface area contributed by atoms with Gasteiger partial charge in [-0.25, -0.2) is 0 Å². The number of amides is 1. The van der Waals surface area contributed by atoms with Gasteiger partial charge in [0, 0.05) is 11.6 Å². The molecule has 1 amide bonds. The number of primary amides is 1. The van der Waals surface area contributed by atoms with E-state index in [2.05, 4.69) is 19.2 Å². The molecule has 1 aromatic rings. The summed E-state index contributed by atoms with van der Waals surface area (Å²) in [5.74, 6) is 1.49. The van der Waals surface area contributed by atoms with Gasteiger partial charge < -0.3 is 25.3 Å². The highest BCUT2D eigenvalue weighted by Gasteiger charge is 2.24. The van der Waals surface area contributed by atoms with E-state index in [0.29, 0.717) is 35.3 Å². The summed E-state index contributed by atoms with van der Waals surface area (Å²) in [7, 11) is 4.61. The summed E-state index contributed by atoms with van der Waals surface area (Å²) < 4.78 is 15.8. The van der Waals surface area contributed by atoms with Crippen LogP contribution in [0.4, 0.5) is 0 Å². The molecule has 0 saturated carbocycles. The molecule has 1 rings (SSSR count). The first-order valence-corrected chi connectivity index (χ1v) is 6.77. The van der Waals surface area contributed by atoms with Crippen LogP contribution in [0.15, 0.2) is 12.1 Å². The van der Waals surface area contributed by atoms with Crippen LogP contribution in [-0.4, -0.2) is 33.8 Å². The molecule has 0 radical (unpaired) electrons. The number of nitrogens with two attached hydrogens (primary N) is 1. The van der Waals surface area contributed by atoms with Crippen molar-refractivity contribution < 1.29 is 19.0 Å². The second-order valence-corrected chi connectivity index (χ2v) is 5.09. The zero-order valence-electron chi connectivity index (χ0n) is 13.2. The van der Waals surface area contributed by atoms with Crippen molar-refractivity contribution in [3.8, 4) is 17.2 Å². The number of benzene rings is 1. The summed E-state index contributed by atoms with van der Waals surface area (Å²) in [5.41, 5.74) is 6.14. The Morgan fingerprint density at radius 3 is 2.05 bits per heavy atom. The summed E-state index contributed by atoms with van der Waals surface area (Å²) >= 11 is 0. The minimum absolute atomic E-state index is 0.387. The Hall–Kier alpha value is -1.95. The van der Waals surface area contributed by atoms with E-state index < -0.39 is 11.9 Å². The zero-order valence-corrected chi connectivity index (χ0v) is 13.2. The van der Waals surface area contributed by atoms with E-state index in [1.807, 2.05) is 0 Å². The van der Waals surface area contributed by atoms with E-state index >= 15 is 0 Å². The van der Waals surface area contributed by atoms with Crippen molar-refractivity contribution in [3.05, 3.63) is 17.7 Å². The van der Waals surface area contributed by atoms with Gasteiger partial charge in [0.05, 0.1) is 21.3 Å². The average Bonchev–Trinajstić information content (AvgIpc) is 2.45. The molecular weight excluding hydrogens is 272 g/mol. The Morgan fingerprint density at radius 1 is 1.10 bits per heavy atom. The lowest BCUT2D eigenvalue weighted by atomic mass is 10.0. The van der Waals surface area contributed by atoms with E-state index in [1.165, 1.54) is 14.2 Å². The monoisotopic (exact) mass is 296 g/mol. The minimum Gasteiger partial charge on any atom is -0.496 e. The average molecular weight is 296 g/mol. The predicted octanol–water partition coefficient (Wildman–Crippen LogP) is 1.48. The summed E-state index contributed by atoms with van der Waals surface area (Å²) in [6.07, 6.45) is 0. The van der Waals surface area contributed by atoms with Crippen LogP contribution in [0.25, 0.3) is 0 Å². The highest BCUT2D eigenvalue weighted by molar-refractivity contribution is 5.82.